The van der Waals surface area contributed by atoms with Gasteiger partial charge in [-0.15, -0.1) is 0 Å². The smallest absolute Gasteiger partial charge is 0.239 e. The van der Waals surface area contributed by atoms with E-state index < -0.39 is 0 Å². The quantitative estimate of drug-likeness (QED) is 0.730. The summed E-state index contributed by atoms with van der Waals surface area (Å²) in [4.78, 5) is 27.1. The Bertz CT molecular complexity index is 275. The second-order valence-electron chi connectivity index (χ2n) is 4.71. The van der Waals surface area contributed by atoms with Crippen molar-refractivity contribution in [2.45, 2.75) is 46.7 Å². The predicted octanol–water partition coefficient (Wildman–Crippen LogP) is 0.700. The molecule has 0 heterocycles. The summed E-state index contributed by atoms with van der Waals surface area (Å²) >= 11 is 0. The third-order valence-electron chi connectivity index (χ3n) is 3.17. The first-order valence-electron chi connectivity index (χ1n) is 6.62. The fourth-order valence-corrected chi connectivity index (χ4v) is 1.55. The lowest BCUT2D eigenvalue weighted by molar-refractivity contribution is -0.133. The Labute approximate surface area is 111 Å². The van der Waals surface area contributed by atoms with Crippen LogP contribution in [0.4, 0.5) is 0 Å². The second kappa shape index (κ2) is 8.08. The van der Waals surface area contributed by atoms with Crippen molar-refractivity contribution in [3.05, 3.63) is 0 Å². The molecule has 0 aromatic carbocycles. The van der Waals surface area contributed by atoms with Crippen LogP contribution in [-0.4, -0.2) is 60.4 Å². The molecule has 0 rings (SSSR count). The van der Waals surface area contributed by atoms with Gasteiger partial charge < -0.3 is 9.80 Å². The van der Waals surface area contributed by atoms with Gasteiger partial charge in [-0.05, 0) is 34.6 Å². The van der Waals surface area contributed by atoms with Crippen LogP contribution in [0.25, 0.3) is 0 Å². The van der Waals surface area contributed by atoms with Crippen LogP contribution in [0.15, 0.2) is 0 Å². The van der Waals surface area contributed by atoms with Crippen molar-refractivity contribution < 1.29 is 9.59 Å². The van der Waals surface area contributed by atoms with Crippen LogP contribution in [0.2, 0.25) is 0 Å². The van der Waals surface area contributed by atoms with Crippen LogP contribution in [0.5, 0.6) is 0 Å². The Morgan fingerprint density at radius 3 is 2.00 bits per heavy atom. The van der Waals surface area contributed by atoms with Gasteiger partial charge in [0.2, 0.25) is 11.8 Å². The lowest BCUT2D eigenvalue weighted by Crippen LogP contribution is -2.48. The number of rotatable bonds is 7. The van der Waals surface area contributed by atoms with E-state index in [9.17, 15) is 9.59 Å². The number of hydrogen-bond donors (Lipinski definition) is 1. The molecule has 0 spiro atoms. The first-order chi connectivity index (χ1) is 8.34. The Morgan fingerprint density at radius 1 is 1.11 bits per heavy atom. The molecule has 0 radical (unpaired) electrons. The zero-order chi connectivity index (χ0) is 14.3. The molecule has 0 aliphatic carbocycles. The first-order valence-corrected chi connectivity index (χ1v) is 6.62. The molecule has 2 amide bonds. The van der Waals surface area contributed by atoms with Gasteiger partial charge in [0.1, 0.15) is 0 Å². The van der Waals surface area contributed by atoms with E-state index in [1.807, 2.05) is 27.7 Å². The molecule has 0 aromatic rings. The van der Waals surface area contributed by atoms with E-state index in [1.54, 1.807) is 23.8 Å². The summed E-state index contributed by atoms with van der Waals surface area (Å²) in [6.45, 7) is 11.2. The van der Waals surface area contributed by atoms with Gasteiger partial charge >= 0.3 is 0 Å². The molecule has 1 atom stereocenters. The van der Waals surface area contributed by atoms with Gasteiger partial charge in [0.25, 0.3) is 0 Å². The average Bonchev–Trinajstić information content (AvgIpc) is 2.35. The summed E-state index contributed by atoms with van der Waals surface area (Å²) in [6.07, 6.45) is 0. The Kier molecular flexibility index (Phi) is 7.59. The molecule has 0 fully saturated rings. The molecular weight excluding hydrogens is 230 g/mol. The van der Waals surface area contributed by atoms with Crippen molar-refractivity contribution in [1.29, 1.82) is 0 Å². The minimum Gasteiger partial charge on any atom is -0.342 e. The molecule has 0 bridgehead atoms. The van der Waals surface area contributed by atoms with Gasteiger partial charge in [0, 0.05) is 26.2 Å². The van der Waals surface area contributed by atoms with Crippen molar-refractivity contribution in [2.24, 2.45) is 0 Å². The van der Waals surface area contributed by atoms with Crippen LogP contribution >= 0.6 is 0 Å². The minimum atomic E-state index is -0.325. The average molecular weight is 257 g/mol. The molecule has 1 N–H and O–H groups in total. The van der Waals surface area contributed by atoms with Crippen molar-refractivity contribution in [2.75, 3.05) is 26.7 Å². The van der Waals surface area contributed by atoms with Crippen LogP contribution in [0.3, 0.4) is 0 Å². The van der Waals surface area contributed by atoms with Crippen LogP contribution in [0, 0.1) is 0 Å². The fourth-order valence-electron chi connectivity index (χ4n) is 1.55. The lowest BCUT2D eigenvalue weighted by Gasteiger charge is -2.25. The zero-order valence-corrected chi connectivity index (χ0v) is 12.5. The topological polar surface area (TPSA) is 52.7 Å². The number of likely N-dealkylation sites (N-methyl/N-ethyl adjacent to an activating group) is 2. The molecule has 0 aromatic heterocycles. The molecule has 5 nitrogen and oxygen atoms in total. The molecule has 5 heteroatoms. The summed E-state index contributed by atoms with van der Waals surface area (Å²) < 4.78 is 0. The second-order valence-corrected chi connectivity index (χ2v) is 4.71. The van der Waals surface area contributed by atoms with E-state index >= 15 is 0 Å². The standard InChI is InChI=1S/C13H27N3O2/c1-7-16(8-2)13(18)11(5)14-9-12(17)15(6)10(3)4/h10-11,14H,7-9H2,1-6H3. The van der Waals surface area contributed by atoms with Crippen molar-refractivity contribution in [1.82, 2.24) is 15.1 Å². The molecule has 0 aliphatic heterocycles. The van der Waals surface area contributed by atoms with E-state index in [0.29, 0.717) is 13.1 Å². The van der Waals surface area contributed by atoms with Gasteiger partial charge in [-0.2, -0.15) is 0 Å². The van der Waals surface area contributed by atoms with E-state index in [-0.39, 0.29) is 30.4 Å². The molecular formula is C13H27N3O2. The van der Waals surface area contributed by atoms with Crippen molar-refractivity contribution in [3.8, 4) is 0 Å². The predicted molar refractivity (Wildman–Crippen MR) is 73.3 cm³/mol. The number of amides is 2. The molecule has 0 saturated carbocycles. The molecule has 106 valence electrons. The highest BCUT2D eigenvalue weighted by molar-refractivity contribution is 5.83. The molecule has 18 heavy (non-hydrogen) atoms. The Balaban J connectivity index is 4.21. The molecule has 1 unspecified atom stereocenters. The highest BCUT2D eigenvalue weighted by atomic mass is 16.2. The van der Waals surface area contributed by atoms with Crippen LogP contribution in [-0.2, 0) is 9.59 Å². The summed E-state index contributed by atoms with van der Waals surface area (Å²) in [6, 6.07) is -0.150. The summed E-state index contributed by atoms with van der Waals surface area (Å²) in [7, 11) is 1.77. The fraction of sp³-hybridized carbons (Fsp3) is 0.846. The maximum atomic E-state index is 12.0. The van der Waals surface area contributed by atoms with E-state index in [1.165, 1.54) is 0 Å². The maximum absolute atomic E-state index is 12.0. The van der Waals surface area contributed by atoms with Gasteiger partial charge in [-0.3, -0.25) is 14.9 Å². The zero-order valence-electron chi connectivity index (χ0n) is 12.5. The normalized spacial score (nSPS) is 12.4. The van der Waals surface area contributed by atoms with Crippen molar-refractivity contribution in [3.63, 3.8) is 0 Å². The number of nitrogens with one attached hydrogen (secondary N) is 1. The maximum Gasteiger partial charge on any atom is 0.239 e. The minimum absolute atomic E-state index is 0.00389. The molecule has 0 aliphatic rings. The highest BCUT2D eigenvalue weighted by Crippen LogP contribution is 1.97. The van der Waals surface area contributed by atoms with Crippen LogP contribution < -0.4 is 5.32 Å². The van der Waals surface area contributed by atoms with Gasteiger partial charge in [0.05, 0.1) is 12.6 Å². The first kappa shape index (κ1) is 16.9. The van der Waals surface area contributed by atoms with Crippen molar-refractivity contribution >= 4 is 11.8 Å². The monoisotopic (exact) mass is 257 g/mol. The lowest BCUT2D eigenvalue weighted by atomic mass is 10.2. The third-order valence-corrected chi connectivity index (χ3v) is 3.17. The third kappa shape index (κ3) is 5.04. The largest absolute Gasteiger partial charge is 0.342 e. The Hall–Kier alpha value is -1.10. The van der Waals surface area contributed by atoms with E-state index in [4.69, 9.17) is 0 Å². The van der Waals surface area contributed by atoms with E-state index in [0.717, 1.165) is 0 Å². The Morgan fingerprint density at radius 2 is 1.61 bits per heavy atom. The SMILES string of the molecule is CCN(CC)C(=O)C(C)NCC(=O)N(C)C(C)C. The number of hydrogen-bond acceptors (Lipinski definition) is 3. The van der Waals surface area contributed by atoms with E-state index in [2.05, 4.69) is 5.32 Å². The summed E-state index contributed by atoms with van der Waals surface area (Å²) in [5.74, 6) is 0.0456. The molecule has 0 saturated heterocycles. The van der Waals surface area contributed by atoms with Crippen LogP contribution in [0.1, 0.15) is 34.6 Å². The number of nitrogens with zero attached hydrogens (tertiary/aromatic N) is 2. The van der Waals surface area contributed by atoms with Gasteiger partial charge in [-0.25, -0.2) is 0 Å². The summed E-state index contributed by atoms with van der Waals surface area (Å²) in [5.41, 5.74) is 0. The number of carbonyl (C=O) groups excluding carboxylic acids is 2. The van der Waals surface area contributed by atoms with Gasteiger partial charge in [0.15, 0.2) is 0 Å². The van der Waals surface area contributed by atoms with Gasteiger partial charge in [-0.1, -0.05) is 0 Å². The summed E-state index contributed by atoms with van der Waals surface area (Å²) in [5, 5.41) is 2.98. The number of carbonyl (C=O) groups is 2. The highest BCUT2D eigenvalue weighted by Gasteiger charge is 2.19.